The van der Waals surface area contributed by atoms with Crippen molar-refractivity contribution in [2.24, 2.45) is 4.99 Å². The molecule has 1 heterocycles. The molecule has 0 atom stereocenters. The molecule has 21 heavy (non-hydrogen) atoms. The predicted molar refractivity (Wildman–Crippen MR) is 83.0 cm³/mol. The number of fused-ring (bicyclic) bond motifs is 1. The summed E-state index contributed by atoms with van der Waals surface area (Å²) in [4.78, 5) is 18.8. The van der Waals surface area contributed by atoms with Crippen molar-refractivity contribution in [1.82, 2.24) is 10.2 Å². The number of nitrogens with one attached hydrogen (secondary N) is 1. The number of carbonyl (C=O) groups is 1. The van der Waals surface area contributed by atoms with Crippen LogP contribution in [0.25, 0.3) is 5.76 Å². The van der Waals surface area contributed by atoms with Gasteiger partial charge in [-0.25, -0.2) is 0 Å². The fourth-order valence-electron chi connectivity index (χ4n) is 2.69. The molecule has 1 aliphatic heterocycles. The van der Waals surface area contributed by atoms with E-state index < -0.39 is 0 Å². The Bertz CT molecular complexity index is 601. The lowest BCUT2D eigenvalue weighted by Gasteiger charge is -2.26. The monoisotopic (exact) mass is 285 g/mol. The van der Waals surface area contributed by atoms with Crippen LogP contribution < -0.4 is 5.32 Å². The highest BCUT2D eigenvalue weighted by atomic mass is 16.3. The van der Waals surface area contributed by atoms with Crippen molar-refractivity contribution < 1.29 is 9.90 Å². The van der Waals surface area contributed by atoms with Crippen LogP contribution in [-0.4, -0.2) is 61.3 Å². The van der Waals surface area contributed by atoms with Gasteiger partial charge in [0.25, 0.3) is 0 Å². The number of Topliss-reactive ketones (excluding diaryl/α,β-unsaturated/α-hetero) is 1. The maximum atomic E-state index is 12.2. The first-order chi connectivity index (χ1) is 10.3. The lowest BCUT2D eigenvalue weighted by Crippen LogP contribution is -2.44. The molecule has 0 bridgehead atoms. The van der Waals surface area contributed by atoms with Gasteiger partial charge in [-0.3, -0.25) is 14.7 Å². The number of piperazine rings is 1. The molecule has 5 heteroatoms. The predicted octanol–water partition coefficient (Wildman–Crippen LogP) is 1.13. The van der Waals surface area contributed by atoms with Crippen molar-refractivity contribution in [2.75, 3.05) is 39.3 Å². The van der Waals surface area contributed by atoms with Crippen molar-refractivity contribution in [1.29, 1.82) is 0 Å². The molecule has 1 aliphatic carbocycles. The summed E-state index contributed by atoms with van der Waals surface area (Å²) in [5.41, 5.74) is 1.46. The average molecular weight is 285 g/mol. The van der Waals surface area contributed by atoms with E-state index in [1.165, 1.54) is 6.21 Å². The van der Waals surface area contributed by atoms with Gasteiger partial charge in [-0.15, -0.1) is 0 Å². The van der Waals surface area contributed by atoms with Gasteiger partial charge in [0, 0.05) is 50.1 Å². The molecule has 1 saturated heterocycles. The SMILES string of the molecule is O=C1C(C=NCCN2CCNCC2)=C(O)c2ccccc21. The highest BCUT2D eigenvalue weighted by Crippen LogP contribution is 2.29. The Kier molecular flexibility index (Phi) is 4.13. The molecule has 1 fully saturated rings. The fourth-order valence-corrected chi connectivity index (χ4v) is 2.69. The van der Waals surface area contributed by atoms with E-state index in [0.29, 0.717) is 23.2 Å². The van der Waals surface area contributed by atoms with Crippen molar-refractivity contribution in [3.05, 3.63) is 41.0 Å². The normalized spacial score (nSPS) is 19.5. The van der Waals surface area contributed by atoms with Gasteiger partial charge in [0.15, 0.2) is 5.78 Å². The van der Waals surface area contributed by atoms with Gasteiger partial charge in [0.2, 0.25) is 0 Å². The molecule has 0 aromatic heterocycles. The van der Waals surface area contributed by atoms with Gasteiger partial charge in [0.05, 0.1) is 12.1 Å². The summed E-state index contributed by atoms with van der Waals surface area (Å²) < 4.78 is 0. The van der Waals surface area contributed by atoms with Crippen LogP contribution in [0, 0.1) is 0 Å². The molecular weight excluding hydrogens is 266 g/mol. The van der Waals surface area contributed by atoms with Gasteiger partial charge in [0.1, 0.15) is 5.76 Å². The minimum absolute atomic E-state index is 0.0431. The van der Waals surface area contributed by atoms with Crippen LogP contribution in [0.2, 0.25) is 0 Å². The maximum absolute atomic E-state index is 12.2. The Morgan fingerprint density at radius 1 is 1.24 bits per heavy atom. The van der Waals surface area contributed by atoms with Gasteiger partial charge < -0.3 is 10.4 Å². The van der Waals surface area contributed by atoms with Crippen LogP contribution >= 0.6 is 0 Å². The van der Waals surface area contributed by atoms with Gasteiger partial charge in [-0.05, 0) is 0 Å². The minimum Gasteiger partial charge on any atom is -0.506 e. The van der Waals surface area contributed by atoms with Crippen molar-refractivity contribution in [3.63, 3.8) is 0 Å². The standard InChI is InChI=1S/C16H19N3O2/c20-15-12-3-1-2-4-13(12)16(21)14(15)11-18-7-10-19-8-5-17-6-9-19/h1-4,11,17,20H,5-10H2. The van der Waals surface area contributed by atoms with E-state index in [2.05, 4.69) is 15.2 Å². The Morgan fingerprint density at radius 3 is 2.67 bits per heavy atom. The third kappa shape index (κ3) is 2.89. The minimum atomic E-state index is -0.144. The lowest BCUT2D eigenvalue weighted by molar-refractivity contribution is 0.104. The van der Waals surface area contributed by atoms with E-state index >= 15 is 0 Å². The molecule has 0 saturated carbocycles. The number of aliphatic hydroxyl groups excluding tert-OH is 1. The molecule has 5 nitrogen and oxygen atoms in total. The summed E-state index contributed by atoms with van der Waals surface area (Å²) in [7, 11) is 0. The molecule has 0 amide bonds. The second kappa shape index (κ2) is 6.20. The smallest absolute Gasteiger partial charge is 0.199 e. The summed E-state index contributed by atoms with van der Waals surface area (Å²) in [6.07, 6.45) is 1.51. The van der Waals surface area contributed by atoms with Gasteiger partial charge in [-0.2, -0.15) is 0 Å². The van der Waals surface area contributed by atoms with E-state index in [1.54, 1.807) is 18.2 Å². The largest absolute Gasteiger partial charge is 0.506 e. The highest BCUT2D eigenvalue weighted by molar-refractivity contribution is 6.30. The Labute approximate surface area is 124 Å². The van der Waals surface area contributed by atoms with Crippen LogP contribution in [-0.2, 0) is 0 Å². The Balaban J connectivity index is 1.61. The van der Waals surface area contributed by atoms with Crippen LogP contribution in [0.3, 0.4) is 0 Å². The summed E-state index contributed by atoms with van der Waals surface area (Å²) in [6.45, 7) is 5.63. The highest BCUT2D eigenvalue weighted by Gasteiger charge is 2.27. The number of allylic oxidation sites excluding steroid dienone is 1. The molecule has 110 valence electrons. The molecule has 0 unspecified atom stereocenters. The first-order valence-corrected chi connectivity index (χ1v) is 7.27. The first-order valence-electron chi connectivity index (χ1n) is 7.27. The number of carbonyl (C=O) groups excluding carboxylic acids is 1. The first kappa shape index (κ1) is 14.0. The van der Waals surface area contributed by atoms with E-state index in [-0.39, 0.29) is 11.5 Å². The van der Waals surface area contributed by atoms with Crippen molar-refractivity contribution in [3.8, 4) is 0 Å². The fraction of sp³-hybridized carbons (Fsp3) is 0.375. The number of ketones is 1. The second-order valence-corrected chi connectivity index (χ2v) is 5.26. The number of aliphatic hydroxyl groups is 1. The number of nitrogens with zero attached hydrogens (tertiary/aromatic N) is 2. The Hall–Kier alpha value is -1.98. The number of hydrogen-bond donors (Lipinski definition) is 2. The third-order valence-corrected chi connectivity index (χ3v) is 3.90. The summed E-state index contributed by atoms with van der Waals surface area (Å²) in [6, 6.07) is 7.10. The van der Waals surface area contributed by atoms with Crippen LogP contribution in [0.1, 0.15) is 15.9 Å². The van der Waals surface area contributed by atoms with E-state index in [0.717, 1.165) is 32.7 Å². The molecule has 0 radical (unpaired) electrons. The summed E-state index contributed by atoms with van der Waals surface area (Å²) >= 11 is 0. The number of aliphatic imine (C=N–C) groups is 1. The van der Waals surface area contributed by atoms with Crippen LogP contribution in [0.4, 0.5) is 0 Å². The van der Waals surface area contributed by atoms with Crippen molar-refractivity contribution in [2.45, 2.75) is 0 Å². The van der Waals surface area contributed by atoms with Crippen LogP contribution in [0.5, 0.6) is 0 Å². The van der Waals surface area contributed by atoms with Gasteiger partial charge in [-0.1, -0.05) is 24.3 Å². The summed E-state index contributed by atoms with van der Waals surface area (Å²) in [5.74, 6) is -0.101. The van der Waals surface area contributed by atoms with E-state index in [4.69, 9.17) is 0 Å². The lowest BCUT2D eigenvalue weighted by atomic mass is 10.1. The molecular formula is C16H19N3O2. The maximum Gasteiger partial charge on any atom is 0.199 e. The molecule has 3 rings (SSSR count). The molecule has 2 N–H and O–H groups in total. The number of hydrogen-bond acceptors (Lipinski definition) is 5. The zero-order valence-corrected chi connectivity index (χ0v) is 11.9. The molecule has 0 spiro atoms. The average Bonchev–Trinajstić information content (AvgIpc) is 2.77. The third-order valence-electron chi connectivity index (χ3n) is 3.90. The molecule has 1 aromatic rings. The summed E-state index contributed by atoms with van der Waals surface area (Å²) in [5, 5.41) is 13.4. The zero-order chi connectivity index (χ0) is 14.7. The van der Waals surface area contributed by atoms with Crippen LogP contribution in [0.15, 0.2) is 34.8 Å². The van der Waals surface area contributed by atoms with E-state index in [9.17, 15) is 9.90 Å². The topological polar surface area (TPSA) is 64.9 Å². The number of rotatable bonds is 4. The molecule has 1 aromatic carbocycles. The van der Waals surface area contributed by atoms with Gasteiger partial charge >= 0.3 is 0 Å². The quantitative estimate of drug-likeness (QED) is 0.814. The van der Waals surface area contributed by atoms with Crippen molar-refractivity contribution >= 4 is 17.8 Å². The molecule has 2 aliphatic rings. The van der Waals surface area contributed by atoms with E-state index in [1.807, 2.05) is 6.07 Å². The zero-order valence-electron chi connectivity index (χ0n) is 11.9. The second-order valence-electron chi connectivity index (χ2n) is 5.26. The Morgan fingerprint density at radius 2 is 1.95 bits per heavy atom. The number of benzene rings is 1.